The van der Waals surface area contributed by atoms with Crippen molar-refractivity contribution in [2.45, 2.75) is 19.5 Å². The molecule has 0 unspecified atom stereocenters. The number of nitrogens with one attached hydrogen (secondary N) is 2. The zero-order valence-electron chi connectivity index (χ0n) is 16.0. The van der Waals surface area contributed by atoms with Crippen LogP contribution >= 0.6 is 0 Å². The van der Waals surface area contributed by atoms with Crippen molar-refractivity contribution in [2.75, 3.05) is 10.6 Å². The number of ether oxygens (including phenoxy) is 1. The Hall–Kier alpha value is -3.74. The van der Waals surface area contributed by atoms with Crippen LogP contribution in [0.3, 0.4) is 0 Å². The highest BCUT2D eigenvalue weighted by Gasteiger charge is 2.08. The van der Waals surface area contributed by atoms with Gasteiger partial charge in [0, 0.05) is 23.4 Å². The van der Waals surface area contributed by atoms with Crippen LogP contribution in [-0.4, -0.2) is 18.4 Å². The number of hydrogen-bond acceptors (Lipinski definition) is 3. The Kier molecular flexibility index (Phi) is 7.10. The van der Waals surface area contributed by atoms with Gasteiger partial charge in [-0.1, -0.05) is 36.4 Å². The minimum atomic E-state index is -2.87. The molecule has 2 amide bonds. The quantitative estimate of drug-likeness (QED) is 0.542. The maximum atomic E-state index is 12.2. The lowest BCUT2D eigenvalue weighted by molar-refractivity contribution is -0.116. The fourth-order valence-electron chi connectivity index (χ4n) is 2.79. The van der Waals surface area contributed by atoms with Gasteiger partial charge in [-0.3, -0.25) is 9.59 Å². The molecule has 0 spiro atoms. The first-order valence-corrected chi connectivity index (χ1v) is 9.30. The summed E-state index contributed by atoms with van der Waals surface area (Å²) < 4.78 is 28.6. The van der Waals surface area contributed by atoms with Gasteiger partial charge in [0.2, 0.25) is 5.91 Å². The number of halogens is 2. The molecule has 0 saturated heterocycles. The van der Waals surface area contributed by atoms with Crippen LogP contribution in [0, 0.1) is 0 Å². The molecule has 3 rings (SSSR count). The van der Waals surface area contributed by atoms with Crippen molar-refractivity contribution in [3.63, 3.8) is 0 Å². The average Bonchev–Trinajstić information content (AvgIpc) is 2.74. The Balaban J connectivity index is 1.51. The lowest BCUT2D eigenvalue weighted by Gasteiger charge is -2.09. The largest absolute Gasteiger partial charge is 0.435 e. The van der Waals surface area contributed by atoms with Gasteiger partial charge in [0.25, 0.3) is 5.91 Å². The molecule has 0 atom stereocenters. The minimum absolute atomic E-state index is 0.0765. The van der Waals surface area contributed by atoms with Gasteiger partial charge in [-0.25, -0.2) is 0 Å². The van der Waals surface area contributed by atoms with E-state index < -0.39 is 6.61 Å². The van der Waals surface area contributed by atoms with E-state index in [1.807, 2.05) is 6.07 Å². The van der Waals surface area contributed by atoms with Gasteiger partial charge >= 0.3 is 6.61 Å². The molecule has 7 heteroatoms. The lowest BCUT2D eigenvalue weighted by atomic mass is 10.1. The van der Waals surface area contributed by atoms with Crippen molar-refractivity contribution in [3.05, 3.63) is 90.0 Å². The van der Waals surface area contributed by atoms with Gasteiger partial charge in [-0.2, -0.15) is 8.78 Å². The van der Waals surface area contributed by atoms with E-state index in [0.29, 0.717) is 23.4 Å². The number of carbonyl (C=O) groups is 2. The fraction of sp³-hybridized carbons (Fsp3) is 0.130. The number of carbonyl (C=O) groups excluding carboxylic acids is 2. The highest BCUT2D eigenvalue weighted by molar-refractivity contribution is 6.04. The SMILES string of the molecule is O=C(CCc1ccc(OC(F)F)cc1)Nc1cccc(NC(=O)c2ccccc2)c1. The molecular formula is C23H20F2N2O3. The molecule has 0 aliphatic heterocycles. The number of rotatable bonds is 8. The molecule has 3 aromatic carbocycles. The Morgan fingerprint density at radius 1 is 0.833 bits per heavy atom. The molecule has 0 saturated carbocycles. The van der Waals surface area contributed by atoms with Gasteiger partial charge < -0.3 is 15.4 Å². The molecule has 0 fully saturated rings. The highest BCUT2D eigenvalue weighted by atomic mass is 19.3. The van der Waals surface area contributed by atoms with Crippen LogP contribution in [0.5, 0.6) is 5.75 Å². The Bertz CT molecular complexity index is 993. The third-order valence-corrected chi connectivity index (χ3v) is 4.23. The third kappa shape index (κ3) is 6.41. The number of hydrogen-bond donors (Lipinski definition) is 2. The van der Waals surface area contributed by atoms with Gasteiger partial charge in [0.1, 0.15) is 5.75 Å². The second-order valence-corrected chi connectivity index (χ2v) is 6.47. The molecule has 0 aliphatic rings. The van der Waals surface area contributed by atoms with Crippen LogP contribution in [0.1, 0.15) is 22.3 Å². The van der Waals surface area contributed by atoms with E-state index >= 15 is 0 Å². The summed E-state index contributed by atoms with van der Waals surface area (Å²) in [5, 5.41) is 5.58. The average molecular weight is 410 g/mol. The number of benzene rings is 3. The molecular weight excluding hydrogens is 390 g/mol. The molecule has 3 aromatic rings. The second kappa shape index (κ2) is 10.2. The predicted molar refractivity (Wildman–Crippen MR) is 111 cm³/mol. The van der Waals surface area contributed by atoms with Crippen LogP contribution in [0.2, 0.25) is 0 Å². The summed E-state index contributed by atoms with van der Waals surface area (Å²) >= 11 is 0. The molecule has 5 nitrogen and oxygen atoms in total. The first-order valence-electron chi connectivity index (χ1n) is 9.30. The maximum absolute atomic E-state index is 12.2. The molecule has 2 N–H and O–H groups in total. The number of alkyl halides is 2. The topological polar surface area (TPSA) is 67.4 Å². The van der Waals surface area contributed by atoms with Crippen LogP contribution in [0.25, 0.3) is 0 Å². The predicted octanol–water partition coefficient (Wildman–Crippen LogP) is 5.11. The van der Waals surface area contributed by atoms with Crippen LogP contribution < -0.4 is 15.4 Å². The van der Waals surface area contributed by atoms with Crippen molar-refractivity contribution < 1.29 is 23.1 Å². The summed E-state index contributed by atoms with van der Waals surface area (Å²) in [4.78, 5) is 24.5. The molecule has 0 heterocycles. The van der Waals surface area contributed by atoms with Gasteiger partial charge in [0.15, 0.2) is 0 Å². The number of anilines is 2. The first kappa shape index (κ1) is 21.0. The van der Waals surface area contributed by atoms with E-state index in [2.05, 4.69) is 15.4 Å². The Morgan fingerprint density at radius 2 is 1.50 bits per heavy atom. The van der Waals surface area contributed by atoms with E-state index in [-0.39, 0.29) is 24.0 Å². The van der Waals surface area contributed by atoms with E-state index in [1.165, 1.54) is 12.1 Å². The first-order chi connectivity index (χ1) is 14.5. The van der Waals surface area contributed by atoms with Crippen LogP contribution in [-0.2, 0) is 11.2 Å². The summed E-state index contributed by atoms with van der Waals surface area (Å²) in [6, 6.07) is 21.9. The summed E-state index contributed by atoms with van der Waals surface area (Å²) in [5.74, 6) is -0.361. The second-order valence-electron chi connectivity index (χ2n) is 6.47. The Morgan fingerprint density at radius 3 is 2.17 bits per heavy atom. The van der Waals surface area contributed by atoms with Crippen molar-refractivity contribution in [1.82, 2.24) is 0 Å². The van der Waals surface area contributed by atoms with Gasteiger partial charge in [0.05, 0.1) is 0 Å². The smallest absolute Gasteiger partial charge is 0.387 e. The molecule has 0 radical (unpaired) electrons. The van der Waals surface area contributed by atoms with Crippen molar-refractivity contribution in [3.8, 4) is 5.75 Å². The minimum Gasteiger partial charge on any atom is -0.435 e. The highest BCUT2D eigenvalue weighted by Crippen LogP contribution is 2.18. The normalized spacial score (nSPS) is 10.5. The molecule has 30 heavy (non-hydrogen) atoms. The number of amides is 2. The molecule has 0 bridgehead atoms. The molecule has 154 valence electrons. The monoisotopic (exact) mass is 410 g/mol. The van der Waals surface area contributed by atoms with E-state index in [0.717, 1.165) is 5.56 Å². The zero-order valence-corrected chi connectivity index (χ0v) is 16.0. The standard InChI is InChI=1S/C23H20F2N2O3/c24-23(25)30-20-12-9-16(10-13-20)11-14-21(28)26-18-7-4-8-19(15-18)27-22(29)17-5-2-1-3-6-17/h1-10,12-13,15,23H,11,14H2,(H,26,28)(H,27,29). The molecule has 0 aliphatic carbocycles. The lowest BCUT2D eigenvalue weighted by Crippen LogP contribution is -2.14. The summed E-state index contributed by atoms with van der Waals surface area (Å²) in [6.07, 6.45) is 0.668. The van der Waals surface area contributed by atoms with Crippen LogP contribution in [0.15, 0.2) is 78.9 Å². The van der Waals surface area contributed by atoms with Crippen LogP contribution in [0.4, 0.5) is 20.2 Å². The van der Waals surface area contributed by atoms with E-state index in [9.17, 15) is 18.4 Å². The fourth-order valence-corrected chi connectivity index (χ4v) is 2.79. The summed E-state index contributed by atoms with van der Waals surface area (Å²) in [5.41, 5.74) is 2.50. The maximum Gasteiger partial charge on any atom is 0.387 e. The van der Waals surface area contributed by atoms with Crippen molar-refractivity contribution in [2.24, 2.45) is 0 Å². The molecule has 0 aromatic heterocycles. The van der Waals surface area contributed by atoms with Crippen molar-refractivity contribution in [1.29, 1.82) is 0 Å². The zero-order chi connectivity index (χ0) is 21.3. The van der Waals surface area contributed by atoms with Gasteiger partial charge in [-0.15, -0.1) is 0 Å². The van der Waals surface area contributed by atoms with E-state index in [4.69, 9.17) is 0 Å². The van der Waals surface area contributed by atoms with Crippen molar-refractivity contribution >= 4 is 23.2 Å². The van der Waals surface area contributed by atoms with Gasteiger partial charge in [-0.05, 0) is 54.4 Å². The third-order valence-electron chi connectivity index (χ3n) is 4.23. The Labute approximate surface area is 172 Å². The van der Waals surface area contributed by atoms with E-state index in [1.54, 1.807) is 60.7 Å². The number of aryl methyl sites for hydroxylation is 1. The summed E-state index contributed by atoms with van der Waals surface area (Å²) in [7, 11) is 0. The summed E-state index contributed by atoms with van der Waals surface area (Å²) in [6.45, 7) is -2.87.